The zero-order valence-corrected chi connectivity index (χ0v) is 16.0. The Labute approximate surface area is 158 Å². The van der Waals surface area contributed by atoms with Crippen molar-refractivity contribution in [2.45, 2.75) is 31.7 Å². The first-order valence-electron chi connectivity index (χ1n) is 8.79. The number of benzene rings is 1. The summed E-state index contributed by atoms with van der Waals surface area (Å²) in [7, 11) is 4.47. The third kappa shape index (κ3) is 3.59. The van der Waals surface area contributed by atoms with Gasteiger partial charge >= 0.3 is 5.97 Å². The molecule has 0 aromatic heterocycles. The molecule has 2 aliphatic rings. The van der Waals surface area contributed by atoms with Gasteiger partial charge in [-0.05, 0) is 19.1 Å². The van der Waals surface area contributed by atoms with E-state index in [0.29, 0.717) is 31.3 Å². The molecule has 2 heterocycles. The van der Waals surface area contributed by atoms with Crippen molar-refractivity contribution >= 4 is 11.9 Å². The van der Waals surface area contributed by atoms with Crippen LogP contribution in [-0.2, 0) is 30.3 Å². The molecule has 2 aliphatic heterocycles. The summed E-state index contributed by atoms with van der Waals surface area (Å²) in [6.07, 6.45) is 0.0771. The molecule has 3 rings (SSSR count). The first kappa shape index (κ1) is 19.4. The highest BCUT2D eigenvalue weighted by Gasteiger charge is 2.59. The standard InChI is InChI=1S/C19H25NO7/c1-19(26-7-8-27-19)17-14(10-16(21)25-4)20(18(17)22)11-12-5-6-13(23-2)9-15(12)24-3/h5-6,9,14,17H,7-8,10-11H2,1-4H3/t14-,17-/m0/s1. The van der Waals surface area contributed by atoms with E-state index in [1.54, 1.807) is 38.2 Å². The summed E-state index contributed by atoms with van der Waals surface area (Å²) in [5, 5.41) is 0. The van der Waals surface area contributed by atoms with E-state index >= 15 is 0 Å². The van der Waals surface area contributed by atoms with Gasteiger partial charge in [-0.15, -0.1) is 0 Å². The number of likely N-dealkylation sites (tertiary alicyclic amines) is 1. The molecule has 0 spiro atoms. The minimum atomic E-state index is -1.02. The monoisotopic (exact) mass is 379 g/mol. The molecule has 148 valence electrons. The lowest BCUT2D eigenvalue weighted by Crippen LogP contribution is -2.68. The predicted molar refractivity (Wildman–Crippen MR) is 94.3 cm³/mol. The molecule has 2 saturated heterocycles. The van der Waals surface area contributed by atoms with E-state index in [-0.39, 0.29) is 24.3 Å². The van der Waals surface area contributed by atoms with Gasteiger partial charge in [0.2, 0.25) is 5.91 Å². The van der Waals surface area contributed by atoms with Crippen LogP contribution in [0.5, 0.6) is 11.5 Å². The van der Waals surface area contributed by atoms with E-state index < -0.39 is 11.7 Å². The van der Waals surface area contributed by atoms with Gasteiger partial charge in [-0.1, -0.05) is 0 Å². The largest absolute Gasteiger partial charge is 0.497 e. The topological polar surface area (TPSA) is 83.5 Å². The van der Waals surface area contributed by atoms with Crippen molar-refractivity contribution in [1.82, 2.24) is 4.90 Å². The predicted octanol–water partition coefficient (Wildman–Crippen LogP) is 1.36. The molecule has 2 fully saturated rings. The number of methoxy groups -OCH3 is 3. The number of carbonyl (C=O) groups excluding carboxylic acids is 2. The summed E-state index contributed by atoms with van der Waals surface area (Å²) in [6, 6.07) is 5.04. The number of ether oxygens (including phenoxy) is 5. The smallest absolute Gasteiger partial charge is 0.307 e. The molecule has 1 aromatic rings. The summed E-state index contributed by atoms with van der Waals surface area (Å²) in [5.41, 5.74) is 0.818. The maximum absolute atomic E-state index is 12.9. The quantitative estimate of drug-likeness (QED) is 0.522. The second-order valence-corrected chi connectivity index (χ2v) is 6.68. The Hall–Kier alpha value is -2.32. The van der Waals surface area contributed by atoms with Crippen molar-refractivity contribution in [3.63, 3.8) is 0 Å². The molecule has 8 nitrogen and oxygen atoms in total. The van der Waals surface area contributed by atoms with Crippen LogP contribution in [-0.4, -0.2) is 63.1 Å². The van der Waals surface area contributed by atoms with E-state index in [1.807, 2.05) is 6.07 Å². The van der Waals surface area contributed by atoms with Gasteiger partial charge in [0.15, 0.2) is 5.79 Å². The van der Waals surface area contributed by atoms with Gasteiger partial charge < -0.3 is 28.6 Å². The molecule has 0 saturated carbocycles. The van der Waals surface area contributed by atoms with Crippen molar-refractivity contribution in [2.75, 3.05) is 34.5 Å². The number of hydrogen-bond acceptors (Lipinski definition) is 7. The highest BCUT2D eigenvalue weighted by Crippen LogP contribution is 2.43. The lowest BCUT2D eigenvalue weighted by Gasteiger charge is -2.51. The zero-order chi connectivity index (χ0) is 19.6. The maximum atomic E-state index is 12.9. The zero-order valence-electron chi connectivity index (χ0n) is 16.0. The van der Waals surface area contributed by atoms with Gasteiger partial charge in [0.25, 0.3) is 0 Å². The van der Waals surface area contributed by atoms with E-state index in [0.717, 1.165) is 5.56 Å². The normalized spacial score (nSPS) is 23.7. The van der Waals surface area contributed by atoms with Gasteiger partial charge in [-0.3, -0.25) is 9.59 Å². The Balaban J connectivity index is 1.83. The second kappa shape index (κ2) is 7.74. The number of carbonyl (C=O) groups is 2. The van der Waals surface area contributed by atoms with E-state index in [1.165, 1.54) is 7.11 Å². The van der Waals surface area contributed by atoms with Crippen molar-refractivity contribution < 1.29 is 33.3 Å². The summed E-state index contributed by atoms with van der Waals surface area (Å²) in [4.78, 5) is 26.5. The van der Waals surface area contributed by atoms with E-state index in [4.69, 9.17) is 23.7 Å². The van der Waals surface area contributed by atoms with Crippen molar-refractivity contribution in [2.24, 2.45) is 5.92 Å². The lowest BCUT2D eigenvalue weighted by atomic mass is 9.78. The number of hydrogen-bond donors (Lipinski definition) is 0. The fraction of sp³-hybridized carbons (Fsp3) is 0.579. The van der Waals surface area contributed by atoms with E-state index in [2.05, 4.69) is 0 Å². The average Bonchev–Trinajstić information content (AvgIpc) is 3.11. The molecular weight excluding hydrogens is 354 g/mol. The molecule has 0 aliphatic carbocycles. The minimum Gasteiger partial charge on any atom is -0.497 e. The van der Waals surface area contributed by atoms with Gasteiger partial charge in [-0.25, -0.2) is 0 Å². The molecule has 0 unspecified atom stereocenters. The van der Waals surface area contributed by atoms with Crippen LogP contribution in [0.4, 0.5) is 0 Å². The summed E-state index contributed by atoms with van der Waals surface area (Å²) >= 11 is 0. The third-order valence-corrected chi connectivity index (χ3v) is 5.20. The molecule has 8 heteroatoms. The number of esters is 1. The average molecular weight is 379 g/mol. The van der Waals surface area contributed by atoms with Crippen LogP contribution in [0.3, 0.4) is 0 Å². The minimum absolute atomic E-state index is 0.0771. The van der Waals surface area contributed by atoms with Crippen LogP contribution in [0, 0.1) is 5.92 Å². The third-order valence-electron chi connectivity index (χ3n) is 5.20. The lowest BCUT2D eigenvalue weighted by molar-refractivity contribution is -0.230. The molecule has 1 aromatic carbocycles. The van der Waals surface area contributed by atoms with Gasteiger partial charge in [-0.2, -0.15) is 0 Å². The molecule has 0 radical (unpaired) electrons. The van der Waals surface area contributed by atoms with Crippen LogP contribution >= 0.6 is 0 Å². The molecule has 1 amide bonds. The van der Waals surface area contributed by atoms with Crippen molar-refractivity contribution in [1.29, 1.82) is 0 Å². The van der Waals surface area contributed by atoms with Gasteiger partial charge in [0.05, 0.1) is 47.0 Å². The first-order chi connectivity index (χ1) is 12.9. The fourth-order valence-corrected chi connectivity index (χ4v) is 3.73. The number of rotatable bonds is 7. The van der Waals surface area contributed by atoms with Crippen molar-refractivity contribution in [3.8, 4) is 11.5 Å². The summed E-state index contributed by atoms with van der Waals surface area (Å²) in [6.45, 7) is 2.91. The van der Waals surface area contributed by atoms with Crippen LogP contribution in [0.25, 0.3) is 0 Å². The molecular formula is C19H25NO7. The Morgan fingerprint density at radius 1 is 1.22 bits per heavy atom. The van der Waals surface area contributed by atoms with E-state index in [9.17, 15) is 9.59 Å². The molecule has 0 bridgehead atoms. The number of amides is 1. The molecule has 2 atom stereocenters. The summed E-state index contributed by atoms with van der Waals surface area (Å²) < 4.78 is 26.8. The molecule has 27 heavy (non-hydrogen) atoms. The first-order valence-corrected chi connectivity index (χ1v) is 8.79. The Kier molecular flexibility index (Phi) is 5.57. The number of β-lactam (4-membered cyclic amide) rings is 1. The molecule has 0 N–H and O–H groups in total. The van der Waals surface area contributed by atoms with Crippen LogP contribution < -0.4 is 9.47 Å². The Morgan fingerprint density at radius 2 is 1.93 bits per heavy atom. The summed E-state index contributed by atoms with van der Waals surface area (Å²) in [5.74, 6) is -0.798. The van der Waals surface area contributed by atoms with Gasteiger partial charge in [0.1, 0.15) is 17.4 Å². The van der Waals surface area contributed by atoms with Gasteiger partial charge in [0, 0.05) is 18.2 Å². The second-order valence-electron chi connectivity index (χ2n) is 6.68. The van der Waals surface area contributed by atoms with Crippen LogP contribution in [0.15, 0.2) is 18.2 Å². The van der Waals surface area contributed by atoms with Crippen LogP contribution in [0.1, 0.15) is 18.9 Å². The van der Waals surface area contributed by atoms with Crippen molar-refractivity contribution in [3.05, 3.63) is 23.8 Å². The SMILES string of the molecule is COC(=O)C[C@H]1[C@H](C2(C)OCCO2)C(=O)N1Cc1ccc(OC)cc1OC. The Bertz CT molecular complexity index is 714. The fourth-order valence-electron chi connectivity index (χ4n) is 3.73. The Morgan fingerprint density at radius 3 is 2.52 bits per heavy atom. The maximum Gasteiger partial charge on any atom is 0.307 e. The number of nitrogens with zero attached hydrogens (tertiary/aromatic N) is 1. The van der Waals surface area contributed by atoms with Crippen LogP contribution in [0.2, 0.25) is 0 Å². The highest BCUT2D eigenvalue weighted by molar-refractivity contribution is 5.89. The highest BCUT2D eigenvalue weighted by atomic mass is 16.7.